The zero-order valence-electron chi connectivity index (χ0n) is 15.6. The normalized spacial score (nSPS) is 15.9. The molecule has 5 nitrogen and oxygen atoms in total. The third-order valence-corrected chi connectivity index (χ3v) is 5.64. The van der Waals surface area contributed by atoms with E-state index < -0.39 is 5.92 Å². The van der Waals surface area contributed by atoms with Crippen molar-refractivity contribution in [2.45, 2.75) is 12.8 Å². The molecule has 7 heteroatoms. The standard InChI is InChI=1S/C22H17ClN4OS/c1-14-19(21(28)27-18-10-6-5-9-17(18)23)20(15-7-3-2-4-8-15)16(13-25)22(26-14)29-12-11-24/h2-10,20,26H,12H2,1H3,(H,27,28)/t20-/m0/s1. The topological polar surface area (TPSA) is 88.7 Å². The summed E-state index contributed by atoms with van der Waals surface area (Å²) in [6, 6.07) is 20.7. The highest BCUT2D eigenvalue weighted by Gasteiger charge is 2.34. The molecule has 3 rings (SSSR count). The highest BCUT2D eigenvalue weighted by atomic mass is 35.5. The van der Waals surface area contributed by atoms with Gasteiger partial charge in [-0.15, -0.1) is 0 Å². The number of hydrogen-bond donors (Lipinski definition) is 2. The van der Waals surface area contributed by atoms with Gasteiger partial charge in [-0.1, -0.05) is 65.8 Å². The van der Waals surface area contributed by atoms with E-state index in [4.69, 9.17) is 16.9 Å². The molecule has 0 aromatic heterocycles. The van der Waals surface area contributed by atoms with Gasteiger partial charge in [-0.05, 0) is 24.6 Å². The average molecular weight is 421 g/mol. The number of thioether (sulfide) groups is 1. The first-order valence-electron chi connectivity index (χ1n) is 8.79. The molecule has 1 atom stereocenters. The van der Waals surface area contributed by atoms with Crippen LogP contribution in [0.15, 0.2) is 76.5 Å². The molecule has 1 amide bonds. The van der Waals surface area contributed by atoms with Gasteiger partial charge < -0.3 is 10.6 Å². The Morgan fingerprint density at radius 2 is 1.86 bits per heavy atom. The van der Waals surface area contributed by atoms with Crippen LogP contribution >= 0.6 is 23.4 Å². The molecule has 0 unspecified atom stereocenters. The summed E-state index contributed by atoms with van der Waals surface area (Å²) < 4.78 is 0. The zero-order valence-corrected chi connectivity index (χ0v) is 17.1. The third kappa shape index (κ3) is 4.46. The minimum absolute atomic E-state index is 0.198. The minimum Gasteiger partial charge on any atom is -0.353 e. The Kier molecular flexibility index (Phi) is 6.61. The number of para-hydroxylation sites is 1. The van der Waals surface area contributed by atoms with Crippen LogP contribution in [0.1, 0.15) is 18.4 Å². The van der Waals surface area contributed by atoms with E-state index in [1.54, 1.807) is 31.2 Å². The predicted molar refractivity (Wildman–Crippen MR) is 116 cm³/mol. The number of carbonyl (C=O) groups excluding carboxylic acids is 1. The van der Waals surface area contributed by atoms with Crippen LogP contribution in [0.2, 0.25) is 5.02 Å². The lowest BCUT2D eigenvalue weighted by atomic mass is 9.82. The summed E-state index contributed by atoms with van der Waals surface area (Å²) in [5.74, 6) is -0.691. The fourth-order valence-electron chi connectivity index (χ4n) is 3.16. The SMILES string of the molecule is CC1=C(C(=O)Nc2ccccc2Cl)[C@@H](c2ccccc2)C(C#N)=C(SCC#N)N1. The van der Waals surface area contributed by atoms with Gasteiger partial charge in [0.15, 0.2) is 0 Å². The lowest BCUT2D eigenvalue weighted by molar-refractivity contribution is -0.113. The fourth-order valence-corrected chi connectivity index (χ4v) is 4.10. The quantitative estimate of drug-likeness (QED) is 0.715. The molecule has 0 aliphatic carbocycles. The highest BCUT2D eigenvalue weighted by Crippen LogP contribution is 2.41. The Morgan fingerprint density at radius 3 is 2.52 bits per heavy atom. The molecule has 1 heterocycles. The maximum atomic E-state index is 13.2. The van der Waals surface area contributed by atoms with Gasteiger partial charge in [0.25, 0.3) is 5.91 Å². The van der Waals surface area contributed by atoms with E-state index >= 15 is 0 Å². The number of anilines is 1. The molecule has 0 radical (unpaired) electrons. The van der Waals surface area contributed by atoms with Crippen molar-refractivity contribution < 1.29 is 4.79 Å². The van der Waals surface area contributed by atoms with Crippen LogP contribution in [-0.2, 0) is 4.79 Å². The first kappa shape index (κ1) is 20.5. The molecular formula is C22H17ClN4OS. The van der Waals surface area contributed by atoms with Crippen molar-refractivity contribution in [2.24, 2.45) is 0 Å². The summed E-state index contributed by atoms with van der Waals surface area (Å²) in [5.41, 5.74) is 2.80. The number of amides is 1. The van der Waals surface area contributed by atoms with Crippen molar-refractivity contribution in [1.29, 1.82) is 10.5 Å². The van der Waals surface area contributed by atoms with Gasteiger partial charge in [-0.2, -0.15) is 10.5 Å². The number of dihydropyridines is 1. The van der Waals surface area contributed by atoms with E-state index in [-0.39, 0.29) is 11.7 Å². The van der Waals surface area contributed by atoms with Gasteiger partial charge >= 0.3 is 0 Å². The molecule has 29 heavy (non-hydrogen) atoms. The number of nitrogens with zero attached hydrogens (tertiary/aromatic N) is 2. The van der Waals surface area contributed by atoms with E-state index in [2.05, 4.69) is 22.8 Å². The van der Waals surface area contributed by atoms with Crippen LogP contribution in [0.4, 0.5) is 5.69 Å². The van der Waals surface area contributed by atoms with Crippen LogP contribution in [0.5, 0.6) is 0 Å². The van der Waals surface area contributed by atoms with Gasteiger partial charge in [0.05, 0.1) is 45.1 Å². The molecule has 144 valence electrons. The second-order valence-corrected chi connectivity index (χ2v) is 7.64. The van der Waals surface area contributed by atoms with Crippen LogP contribution in [0.3, 0.4) is 0 Å². The van der Waals surface area contributed by atoms with Crippen LogP contribution in [0.25, 0.3) is 0 Å². The van der Waals surface area contributed by atoms with Crippen LogP contribution in [0, 0.1) is 22.7 Å². The minimum atomic E-state index is -0.550. The van der Waals surface area contributed by atoms with Gasteiger partial charge in [-0.25, -0.2) is 0 Å². The second-order valence-electron chi connectivity index (χ2n) is 6.24. The Bertz CT molecular complexity index is 1080. The maximum absolute atomic E-state index is 13.2. The van der Waals surface area contributed by atoms with Crippen molar-refractivity contribution in [3.63, 3.8) is 0 Å². The largest absolute Gasteiger partial charge is 0.353 e. The van der Waals surface area contributed by atoms with Gasteiger partial charge in [-0.3, -0.25) is 4.79 Å². The molecule has 1 aliphatic heterocycles. The average Bonchev–Trinajstić information content (AvgIpc) is 2.73. The number of rotatable bonds is 5. The number of hydrogen-bond acceptors (Lipinski definition) is 5. The first-order chi connectivity index (χ1) is 14.1. The summed E-state index contributed by atoms with van der Waals surface area (Å²) in [5, 5.41) is 25.8. The van der Waals surface area contributed by atoms with Gasteiger partial charge in [0, 0.05) is 11.3 Å². The Balaban J connectivity index is 2.07. The van der Waals surface area contributed by atoms with Crippen molar-refractivity contribution in [2.75, 3.05) is 11.1 Å². The zero-order chi connectivity index (χ0) is 20.8. The Hall–Kier alpha value is -3.19. The van der Waals surface area contributed by atoms with Gasteiger partial charge in [0.1, 0.15) is 0 Å². The maximum Gasteiger partial charge on any atom is 0.254 e. The molecule has 2 aromatic carbocycles. The fraction of sp³-hybridized carbons (Fsp3) is 0.136. The third-order valence-electron chi connectivity index (χ3n) is 4.43. The lowest BCUT2D eigenvalue weighted by Crippen LogP contribution is -2.30. The van der Waals surface area contributed by atoms with Crippen molar-refractivity contribution in [3.05, 3.63) is 87.1 Å². The molecular weight excluding hydrogens is 404 g/mol. The number of nitrogens with one attached hydrogen (secondary N) is 2. The molecule has 0 saturated heterocycles. The highest BCUT2D eigenvalue weighted by molar-refractivity contribution is 8.03. The van der Waals surface area contributed by atoms with Crippen molar-refractivity contribution in [3.8, 4) is 12.1 Å². The van der Waals surface area contributed by atoms with Crippen LogP contribution < -0.4 is 10.6 Å². The van der Waals surface area contributed by atoms with E-state index in [1.165, 1.54) is 11.8 Å². The molecule has 0 fully saturated rings. The van der Waals surface area contributed by atoms with Crippen molar-refractivity contribution in [1.82, 2.24) is 5.32 Å². The van der Waals surface area contributed by atoms with E-state index in [1.807, 2.05) is 30.3 Å². The number of halogens is 1. The summed E-state index contributed by atoms with van der Waals surface area (Å²) in [7, 11) is 0. The summed E-state index contributed by atoms with van der Waals surface area (Å²) in [6.45, 7) is 1.79. The summed E-state index contributed by atoms with van der Waals surface area (Å²) in [4.78, 5) is 13.2. The van der Waals surface area contributed by atoms with Crippen molar-refractivity contribution >= 4 is 35.0 Å². The number of allylic oxidation sites excluding steroid dienone is 2. The van der Waals surface area contributed by atoms with E-state index in [9.17, 15) is 10.1 Å². The lowest BCUT2D eigenvalue weighted by Gasteiger charge is -2.29. The van der Waals surface area contributed by atoms with Gasteiger partial charge in [0.2, 0.25) is 0 Å². The molecule has 0 saturated carbocycles. The number of nitriles is 2. The predicted octanol–water partition coefficient (Wildman–Crippen LogP) is 4.93. The monoisotopic (exact) mass is 420 g/mol. The first-order valence-corrected chi connectivity index (χ1v) is 10.2. The molecule has 2 aromatic rings. The Labute approximate surface area is 178 Å². The Morgan fingerprint density at radius 1 is 1.17 bits per heavy atom. The molecule has 0 bridgehead atoms. The molecule has 1 aliphatic rings. The molecule has 0 spiro atoms. The van der Waals surface area contributed by atoms with Crippen LogP contribution in [-0.4, -0.2) is 11.7 Å². The second kappa shape index (κ2) is 9.34. The van der Waals surface area contributed by atoms with E-state index in [0.717, 1.165) is 5.56 Å². The summed E-state index contributed by atoms with van der Waals surface area (Å²) in [6.07, 6.45) is 0. The summed E-state index contributed by atoms with van der Waals surface area (Å²) >= 11 is 7.44. The number of benzene rings is 2. The molecule has 2 N–H and O–H groups in total. The number of carbonyl (C=O) groups is 1. The van der Waals surface area contributed by atoms with E-state index in [0.29, 0.717) is 32.6 Å². The smallest absolute Gasteiger partial charge is 0.254 e.